The van der Waals surface area contributed by atoms with Crippen molar-refractivity contribution in [2.45, 2.75) is 0 Å². The molecule has 0 aromatic carbocycles. The van der Waals surface area contributed by atoms with E-state index < -0.39 is 0 Å². The molecule has 0 fully saturated rings. The van der Waals surface area contributed by atoms with Crippen molar-refractivity contribution in [3.8, 4) is 6.07 Å². The molecule has 0 unspecified atom stereocenters. The number of rotatable bonds is 0. The average molecular weight is 69.1 g/mol. The topological polar surface area (TPSA) is 16.4 Å². The summed E-state index contributed by atoms with van der Waals surface area (Å²) in [6.07, 6.45) is 0. The van der Waals surface area contributed by atoms with Crippen LogP contribution in [-0.2, 0) is 0 Å². The van der Waals surface area contributed by atoms with E-state index in [4.69, 9.17) is 0 Å². The SMILES string of the molecule is C1#[N+]CNC1. The molecule has 0 aromatic heterocycles. The zero-order chi connectivity index (χ0) is 3.54. The van der Waals surface area contributed by atoms with Crippen molar-refractivity contribution >= 4 is 0 Å². The van der Waals surface area contributed by atoms with Crippen LogP contribution in [0.3, 0.4) is 0 Å². The Kier molecular flexibility index (Phi) is 0.559. The fraction of sp³-hybridized carbons (Fsp3) is 0.667. The monoisotopic (exact) mass is 69.0 g/mol. The van der Waals surface area contributed by atoms with Crippen molar-refractivity contribution in [2.75, 3.05) is 13.2 Å². The minimum absolute atomic E-state index is 0.764. The normalized spacial score (nSPS) is 17.6. The molecule has 0 radical (unpaired) electrons. The number of hydrogen-bond acceptors (Lipinski definition) is 1. The lowest BCUT2D eigenvalue weighted by Crippen LogP contribution is -2.05. The third kappa shape index (κ3) is 0.366. The molecule has 0 saturated heterocycles. The summed E-state index contributed by atoms with van der Waals surface area (Å²) in [5.74, 6) is 0. The van der Waals surface area contributed by atoms with Crippen molar-refractivity contribution < 1.29 is 0 Å². The first kappa shape index (κ1) is 2.67. The second-order valence-corrected chi connectivity index (χ2v) is 0.901. The van der Waals surface area contributed by atoms with Gasteiger partial charge in [0, 0.05) is 0 Å². The Balaban J connectivity index is 2.42. The zero-order valence-electron chi connectivity index (χ0n) is 2.86. The molecule has 1 N–H and O–H groups in total. The Bertz CT molecular complexity index is 68.6. The van der Waals surface area contributed by atoms with Crippen LogP contribution in [-0.4, -0.2) is 13.2 Å². The molecule has 0 aliphatic carbocycles. The van der Waals surface area contributed by atoms with Crippen molar-refractivity contribution in [1.29, 1.82) is 0 Å². The molecule has 1 rings (SSSR count). The van der Waals surface area contributed by atoms with Gasteiger partial charge in [-0.2, -0.15) is 0 Å². The lowest BCUT2D eigenvalue weighted by atomic mass is 10.8. The van der Waals surface area contributed by atoms with Gasteiger partial charge in [-0.25, -0.2) is 5.32 Å². The largest absolute Gasteiger partial charge is 0.318 e. The summed E-state index contributed by atoms with van der Waals surface area (Å²) >= 11 is 0. The summed E-state index contributed by atoms with van der Waals surface area (Å²) in [6, 6.07) is 2.74. The molecule has 2 nitrogen and oxygen atoms in total. The summed E-state index contributed by atoms with van der Waals surface area (Å²) in [4.78, 5) is 3.72. The Morgan fingerprint density at radius 2 is 2.80 bits per heavy atom. The van der Waals surface area contributed by atoms with E-state index in [0.717, 1.165) is 13.2 Å². The molecule has 0 aromatic rings. The Morgan fingerprint density at radius 1 is 1.80 bits per heavy atom. The van der Waals surface area contributed by atoms with Gasteiger partial charge in [0.2, 0.25) is 0 Å². The van der Waals surface area contributed by atoms with E-state index in [2.05, 4.69) is 16.2 Å². The molecule has 1 aliphatic heterocycles. The van der Waals surface area contributed by atoms with Gasteiger partial charge >= 0.3 is 6.67 Å². The van der Waals surface area contributed by atoms with Crippen LogP contribution in [0.2, 0.25) is 0 Å². The minimum Gasteiger partial charge on any atom is -0.229 e. The summed E-state index contributed by atoms with van der Waals surface area (Å²) in [5, 5.41) is 2.94. The Hall–Kier alpha value is -0.550. The molecule has 0 spiro atoms. The first-order chi connectivity index (χ1) is 2.50. The predicted octanol–water partition coefficient (Wildman–Crippen LogP) is -0.120. The maximum absolute atomic E-state index is 3.72. The number of nitrogens with one attached hydrogen (secondary N) is 1. The van der Waals surface area contributed by atoms with Crippen LogP contribution in [0.4, 0.5) is 0 Å². The van der Waals surface area contributed by atoms with Crippen LogP contribution >= 0.6 is 0 Å². The van der Waals surface area contributed by atoms with Crippen LogP contribution in [0.25, 0.3) is 4.85 Å². The lowest BCUT2D eigenvalue weighted by Gasteiger charge is -1.63. The average Bonchev–Trinajstić information content (AvgIpc) is 1.76. The van der Waals surface area contributed by atoms with Gasteiger partial charge in [0.05, 0.1) is 0 Å². The highest BCUT2D eigenvalue weighted by Gasteiger charge is 1.95. The molecule has 0 amide bonds. The third-order valence-electron chi connectivity index (χ3n) is 0.507. The van der Waals surface area contributed by atoms with Gasteiger partial charge in [-0.1, -0.05) is 4.85 Å². The molecule has 1 heterocycles. The highest BCUT2D eigenvalue weighted by Crippen LogP contribution is 1.69. The third-order valence-corrected chi connectivity index (χ3v) is 0.507. The molecule has 0 bridgehead atoms. The van der Waals surface area contributed by atoms with Gasteiger partial charge in [-0.3, -0.25) is 0 Å². The molecule has 1 aliphatic rings. The van der Waals surface area contributed by atoms with Crippen molar-refractivity contribution in [3.05, 3.63) is 4.85 Å². The maximum Gasteiger partial charge on any atom is 0.318 e. The van der Waals surface area contributed by atoms with E-state index in [1.165, 1.54) is 0 Å². The van der Waals surface area contributed by atoms with E-state index in [0.29, 0.717) is 0 Å². The van der Waals surface area contributed by atoms with Gasteiger partial charge in [-0.05, 0) is 0 Å². The standard InChI is InChI=1S/C3H5N2/c1-2-5-3-4-1/h4H,1,3H2/q+1. The van der Waals surface area contributed by atoms with Crippen LogP contribution in [0.15, 0.2) is 0 Å². The second-order valence-electron chi connectivity index (χ2n) is 0.901. The zero-order valence-corrected chi connectivity index (χ0v) is 2.86. The van der Waals surface area contributed by atoms with E-state index in [9.17, 15) is 0 Å². The smallest absolute Gasteiger partial charge is 0.229 e. The number of nitrogens with zero attached hydrogens (tertiary/aromatic N) is 1. The molecule has 5 heavy (non-hydrogen) atoms. The first-order valence-electron chi connectivity index (χ1n) is 1.60. The summed E-state index contributed by atoms with van der Waals surface area (Å²) in [5.41, 5.74) is 0. The second kappa shape index (κ2) is 1.05. The van der Waals surface area contributed by atoms with Crippen LogP contribution in [0.1, 0.15) is 0 Å². The highest BCUT2D eigenvalue weighted by molar-refractivity contribution is 4.94. The van der Waals surface area contributed by atoms with Crippen molar-refractivity contribution in [2.24, 2.45) is 0 Å². The molecule has 26 valence electrons. The Morgan fingerprint density at radius 3 is 3.00 bits per heavy atom. The Labute approximate surface area is 30.6 Å². The molecule has 0 saturated carbocycles. The van der Waals surface area contributed by atoms with Gasteiger partial charge in [0.25, 0.3) is 6.07 Å². The van der Waals surface area contributed by atoms with E-state index in [-0.39, 0.29) is 0 Å². The minimum atomic E-state index is 0.764. The van der Waals surface area contributed by atoms with Gasteiger partial charge < -0.3 is 0 Å². The van der Waals surface area contributed by atoms with Gasteiger partial charge in [-0.15, -0.1) is 0 Å². The predicted molar refractivity (Wildman–Crippen MR) is 20.1 cm³/mol. The first-order valence-corrected chi connectivity index (χ1v) is 1.60. The molecule has 0 atom stereocenters. The quantitative estimate of drug-likeness (QED) is 0.392. The molecular formula is C3H5N2+. The summed E-state index contributed by atoms with van der Waals surface area (Å²) in [6.45, 7) is 1.60. The van der Waals surface area contributed by atoms with Crippen molar-refractivity contribution in [3.63, 3.8) is 0 Å². The van der Waals surface area contributed by atoms with E-state index in [1.807, 2.05) is 0 Å². The lowest BCUT2D eigenvalue weighted by molar-refractivity contribution is 0.890. The number of hydrogen-bond donors (Lipinski definition) is 1. The van der Waals surface area contributed by atoms with Gasteiger partial charge in [0.1, 0.15) is 6.54 Å². The fourth-order valence-electron chi connectivity index (χ4n) is 0.280. The van der Waals surface area contributed by atoms with Crippen LogP contribution in [0.5, 0.6) is 0 Å². The summed E-state index contributed by atoms with van der Waals surface area (Å²) in [7, 11) is 0. The van der Waals surface area contributed by atoms with Crippen LogP contribution in [0, 0.1) is 6.07 Å². The van der Waals surface area contributed by atoms with E-state index >= 15 is 0 Å². The maximum atomic E-state index is 3.72. The summed E-state index contributed by atoms with van der Waals surface area (Å²) < 4.78 is 0. The highest BCUT2D eigenvalue weighted by atomic mass is 15.0. The van der Waals surface area contributed by atoms with E-state index in [1.54, 1.807) is 0 Å². The van der Waals surface area contributed by atoms with Gasteiger partial charge in [0.15, 0.2) is 0 Å². The van der Waals surface area contributed by atoms with Crippen LogP contribution < -0.4 is 5.32 Å². The molecular weight excluding hydrogens is 64.0 g/mol. The fourth-order valence-corrected chi connectivity index (χ4v) is 0.280. The van der Waals surface area contributed by atoms with Crippen molar-refractivity contribution in [1.82, 2.24) is 5.32 Å². The molecule has 2 heteroatoms.